The van der Waals surface area contributed by atoms with Crippen LogP contribution in [0.15, 0.2) is 11.6 Å². The quantitative estimate of drug-likeness (QED) is 0.520. The monoisotopic (exact) mass is 354 g/mol. The highest BCUT2D eigenvalue weighted by atomic mass is 32.2. The van der Waals surface area contributed by atoms with Gasteiger partial charge in [-0.05, 0) is 74.7 Å². The second kappa shape index (κ2) is 5.22. The van der Waals surface area contributed by atoms with Crippen LogP contribution in [0.5, 0.6) is 0 Å². The summed E-state index contributed by atoms with van der Waals surface area (Å²) in [4.78, 5) is -0.0394. The maximum Gasteiger partial charge on any atom is 0.253 e. The minimum Gasteiger partial charge on any atom is -0.360 e. The van der Waals surface area contributed by atoms with Gasteiger partial charge in [-0.2, -0.15) is 0 Å². The third-order valence-corrected chi connectivity index (χ3v) is 9.53. The van der Waals surface area contributed by atoms with E-state index in [1.54, 1.807) is 5.57 Å². The minimum absolute atomic E-state index is 0.0394. The van der Waals surface area contributed by atoms with E-state index in [9.17, 15) is 8.78 Å². The van der Waals surface area contributed by atoms with Gasteiger partial charge in [-0.25, -0.2) is 8.78 Å². The van der Waals surface area contributed by atoms with E-state index >= 15 is 0 Å². The number of hydrogen-bond acceptors (Lipinski definition) is 2. The summed E-state index contributed by atoms with van der Waals surface area (Å²) < 4.78 is 35.1. The topological polar surface area (TPSA) is 9.23 Å². The zero-order valence-corrected chi connectivity index (χ0v) is 15.3. The van der Waals surface area contributed by atoms with Crippen molar-refractivity contribution in [2.75, 3.05) is 12.4 Å². The van der Waals surface area contributed by atoms with Gasteiger partial charge in [0.2, 0.25) is 0 Å². The zero-order chi connectivity index (χ0) is 16.6. The van der Waals surface area contributed by atoms with Crippen molar-refractivity contribution in [3.63, 3.8) is 0 Å². The molecule has 1 aliphatic heterocycles. The molecular formula is C20H28F2OS. The van der Waals surface area contributed by atoms with Crippen LogP contribution in [0.25, 0.3) is 0 Å². The molecule has 1 spiro atoms. The van der Waals surface area contributed by atoms with Crippen molar-refractivity contribution in [3.05, 3.63) is 11.6 Å². The van der Waals surface area contributed by atoms with Crippen molar-refractivity contribution in [2.24, 2.45) is 29.1 Å². The van der Waals surface area contributed by atoms with Gasteiger partial charge < -0.3 is 4.74 Å². The lowest BCUT2D eigenvalue weighted by molar-refractivity contribution is -0.144. The fourth-order valence-electron chi connectivity index (χ4n) is 6.94. The molecule has 0 amide bonds. The van der Waals surface area contributed by atoms with Gasteiger partial charge in [-0.15, -0.1) is 11.8 Å². The summed E-state index contributed by atoms with van der Waals surface area (Å²) in [5, 5.41) is 0. The number of alkyl halides is 2. The molecule has 3 saturated carbocycles. The van der Waals surface area contributed by atoms with Crippen LogP contribution in [0.3, 0.4) is 0 Å². The molecule has 1 saturated heterocycles. The smallest absolute Gasteiger partial charge is 0.253 e. The number of ether oxygens (including phenoxy) is 1. The first-order valence-electron chi connectivity index (χ1n) is 9.82. The molecular weight excluding hydrogens is 326 g/mol. The predicted molar refractivity (Wildman–Crippen MR) is 93.2 cm³/mol. The molecule has 0 aromatic heterocycles. The Bertz CT molecular complexity index is 568. The number of fused-ring (bicyclic) bond motifs is 5. The first-order chi connectivity index (χ1) is 11.4. The van der Waals surface area contributed by atoms with Gasteiger partial charge in [0, 0.05) is 17.6 Å². The fourth-order valence-corrected chi connectivity index (χ4v) is 8.12. The molecule has 0 radical (unpaired) electrons. The molecule has 0 aromatic carbocycles. The minimum atomic E-state index is -2.44. The van der Waals surface area contributed by atoms with E-state index in [1.807, 2.05) is 18.7 Å². The summed E-state index contributed by atoms with van der Waals surface area (Å²) in [6, 6.07) is 0. The molecule has 5 rings (SSSR count). The number of rotatable bonds is 0. The van der Waals surface area contributed by atoms with E-state index in [2.05, 4.69) is 6.08 Å². The molecule has 0 N–H and O–H groups in total. The number of allylic oxidation sites excluding steroid dienone is 1. The first-order valence-corrected chi connectivity index (χ1v) is 10.8. The van der Waals surface area contributed by atoms with E-state index in [1.165, 1.54) is 6.42 Å². The SMILES string of the molecule is C[C@]12CC[C@H]3[C@@H](CCC4=CC5(CC[C@@H]43)OCCS5)[C@@H]1CCC2(F)F. The summed E-state index contributed by atoms with van der Waals surface area (Å²) in [6.45, 7) is 2.77. The molecule has 4 heteroatoms. The molecule has 4 fully saturated rings. The Kier molecular flexibility index (Phi) is 3.50. The molecule has 134 valence electrons. The van der Waals surface area contributed by atoms with E-state index in [0.29, 0.717) is 17.8 Å². The average Bonchev–Trinajstić information content (AvgIpc) is 3.10. The second-order valence-corrected chi connectivity index (χ2v) is 10.4. The van der Waals surface area contributed by atoms with Gasteiger partial charge in [-0.3, -0.25) is 0 Å². The molecule has 1 unspecified atom stereocenters. The van der Waals surface area contributed by atoms with Crippen LogP contribution in [0, 0.1) is 29.1 Å². The largest absolute Gasteiger partial charge is 0.360 e. The lowest BCUT2D eigenvalue weighted by atomic mass is 9.52. The Morgan fingerprint density at radius 2 is 1.96 bits per heavy atom. The third-order valence-electron chi connectivity index (χ3n) is 8.23. The predicted octanol–water partition coefficient (Wildman–Crippen LogP) is 5.65. The molecule has 24 heavy (non-hydrogen) atoms. The highest BCUT2D eigenvalue weighted by molar-refractivity contribution is 8.00. The van der Waals surface area contributed by atoms with Crippen molar-refractivity contribution in [1.82, 2.24) is 0 Å². The zero-order valence-electron chi connectivity index (χ0n) is 14.5. The van der Waals surface area contributed by atoms with Crippen molar-refractivity contribution in [2.45, 2.75) is 69.1 Å². The molecule has 0 bridgehead atoms. The molecule has 4 aliphatic carbocycles. The average molecular weight is 355 g/mol. The Hall–Kier alpha value is -0.0900. The lowest BCUT2D eigenvalue weighted by Gasteiger charge is -2.54. The summed E-state index contributed by atoms with van der Waals surface area (Å²) >= 11 is 1.97. The Labute approximate surface area is 148 Å². The highest BCUT2D eigenvalue weighted by Crippen LogP contribution is 2.66. The Balaban J connectivity index is 1.42. The third kappa shape index (κ3) is 2.08. The molecule has 1 heterocycles. The summed E-state index contributed by atoms with van der Waals surface area (Å²) in [6.07, 6.45) is 9.64. The van der Waals surface area contributed by atoms with E-state index in [-0.39, 0.29) is 17.3 Å². The van der Waals surface area contributed by atoms with Crippen molar-refractivity contribution >= 4 is 11.8 Å². The molecule has 5 aliphatic rings. The van der Waals surface area contributed by atoms with E-state index < -0.39 is 11.3 Å². The van der Waals surface area contributed by atoms with Crippen LogP contribution >= 0.6 is 11.8 Å². The van der Waals surface area contributed by atoms with E-state index in [4.69, 9.17) is 4.74 Å². The molecule has 1 nitrogen and oxygen atoms in total. The Morgan fingerprint density at radius 3 is 2.75 bits per heavy atom. The standard InChI is InChI=1S/C20H28F2OS/c1-18-7-4-15-14-5-8-19(23-10-11-24-19)12-13(14)2-3-16(15)17(18)6-9-20(18,21)22/h12,14-17H,2-11H2,1H3/t14-,15+,16+,17-,18-,19?/m0/s1. The van der Waals surface area contributed by atoms with Crippen LogP contribution in [-0.4, -0.2) is 23.2 Å². The van der Waals surface area contributed by atoms with Crippen LogP contribution in [-0.2, 0) is 4.74 Å². The summed E-state index contributed by atoms with van der Waals surface area (Å²) in [5.41, 5.74) is 0.876. The summed E-state index contributed by atoms with van der Waals surface area (Å²) in [5.74, 6) is 0.754. The van der Waals surface area contributed by atoms with Gasteiger partial charge in [0.25, 0.3) is 5.92 Å². The van der Waals surface area contributed by atoms with Gasteiger partial charge in [0.15, 0.2) is 0 Å². The number of hydrogen-bond donors (Lipinski definition) is 0. The second-order valence-electron chi connectivity index (χ2n) is 9.05. The van der Waals surface area contributed by atoms with Gasteiger partial charge in [0.1, 0.15) is 4.93 Å². The van der Waals surface area contributed by atoms with E-state index in [0.717, 1.165) is 50.9 Å². The number of thioether (sulfide) groups is 1. The fraction of sp³-hybridized carbons (Fsp3) is 0.900. The maximum atomic E-state index is 14.5. The number of halogens is 2. The maximum absolute atomic E-state index is 14.5. The lowest BCUT2D eigenvalue weighted by Crippen LogP contribution is -2.50. The van der Waals surface area contributed by atoms with Crippen molar-refractivity contribution in [3.8, 4) is 0 Å². The first kappa shape index (κ1) is 16.1. The van der Waals surface area contributed by atoms with Crippen LogP contribution < -0.4 is 0 Å². The Morgan fingerprint density at radius 1 is 1.08 bits per heavy atom. The van der Waals surface area contributed by atoms with Crippen LogP contribution in [0.1, 0.15) is 58.3 Å². The van der Waals surface area contributed by atoms with Crippen molar-refractivity contribution < 1.29 is 13.5 Å². The van der Waals surface area contributed by atoms with Crippen LogP contribution in [0.4, 0.5) is 8.78 Å². The summed E-state index contributed by atoms with van der Waals surface area (Å²) in [7, 11) is 0. The van der Waals surface area contributed by atoms with Gasteiger partial charge in [0.05, 0.1) is 6.61 Å². The normalized spacial score (nSPS) is 52.5. The highest BCUT2D eigenvalue weighted by Gasteiger charge is 2.64. The molecule has 6 atom stereocenters. The molecule has 0 aromatic rings. The van der Waals surface area contributed by atoms with Gasteiger partial charge >= 0.3 is 0 Å². The van der Waals surface area contributed by atoms with Crippen LogP contribution in [0.2, 0.25) is 0 Å². The van der Waals surface area contributed by atoms with Gasteiger partial charge in [-0.1, -0.05) is 12.5 Å². The van der Waals surface area contributed by atoms with Crippen molar-refractivity contribution in [1.29, 1.82) is 0 Å².